The zero-order valence-electron chi connectivity index (χ0n) is 6.40. The number of rotatable bonds is 3. The Balaban J connectivity index is 2.60. The molecule has 1 aliphatic rings. The molecule has 0 aliphatic carbocycles. The van der Waals surface area contributed by atoms with E-state index in [0.717, 1.165) is 12.2 Å². The molecule has 0 saturated heterocycles. The van der Waals surface area contributed by atoms with Gasteiger partial charge in [0.2, 0.25) is 0 Å². The van der Waals surface area contributed by atoms with Crippen molar-refractivity contribution >= 4 is 17.8 Å². The Bertz CT molecular complexity index is 281. The van der Waals surface area contributed by atoms with Crippen LogP contribution in [-0.4, -0.2) is 35.4 Å². The molecule has 5 nitrogen and oxygen atoms in total. The monoisotopic (exact) mass is 186 g/mol. The van der Waals surface area contributed by atoms with E-state index in [0.29, 0.717) is 4.90 Å². The van der Waals surface area contributed by atoms with E-state index < -0.39 is 30.5 Å². The number of imide groups is 1. The summed E-state index contributed by atoms with van der Waals surface area (Å²) in [7, 11) is 0. The molecule has 0 saturated carbocycles. The fourth-order valence-electron chi connectivity index (χ4n) is 0.846. The standard InChI is InChI=1S/C7H6FNO4/c8-4(7(12)13)3-9-5(10)1-2-6(9)11/h1-2,4H,3H2,(H,12,13)/p-1. The predicted molar refractivity (Wildman–Crippen MR) is 35.8 cm³/mol. The largest absolute Gasteiger partial charge is 0.547 e. The summed E-state index contributed by atoms with van der Waals surface area (Å²) in [6.45, 7) is -0.799. The highest BCUT2D eigenvalue weighted by molar-refractivity contribution is 6.13. The molecule has 1 aliphatic heterocycles. The minimum absolute atomic E-state index is 0.500. The van der Waals surface area contributed by atoms with Crippen molar-refractivity contribution in [2.45, 2.75) is 6.17 Å². The quantitative estimate of drug-likeness (QED) is 0.477. The molecule has 1 atom stereocenters. The highest BCUT2D eigenvalue weighted by Crippen LogP contribution is 2.05. The summed E-state index contributed by atoms with van der Waals surface area (Å²) >= 11 is 0. The lowest BCUT2D eigenvalue weighted by Gasteiger charge is -2.16. The maximum Gasteiger partial charge on any atom is 0.253 e. The van der Waals surface area contributed by atoms with Crippen LogP contribution in [0.4, 0.5) is 4.39 Å². The van der Waals surface area contributed by atoms with Crippen LogP contribution in [0.15, 0.2) is 12.2 Å². The molecule has 0 N–H and O–H groups in total. The number of halogens is 1. The second kappa shape index (κ2) is 3.34. The van der Waals surface area contributed by atoms with Crippen LogP contribution in [-0.2, 0) is 14.4 Å². The van der Waals surface area contributed by atoms with Crippen molar-refractivity contribution in [2.75, 3.05) is 6.54 Å². The van der Waals surface area contributed by atoms with Gasteiger partial charge < -0.3 is 9.90 Å². The first-order valence-corrected chi connectivity index (χ1v) is 3.41. The highest BCUT2D eigenvalue weighted by atomic mass is 19.1. The summed E-state index contributed by atoms with van der Waals surface area (Å²) < 4.78 is 12.5. The molecule has 1 heterocycles. The Morgan fingerprint density at radius 1 is 1.46 bits per heavy atom. The number of hydrogen-bond donors (Lipinski definition) is 0. The van der Waals surface area contributed by atoms with Crippen molar-refractivity contribution in [1.29, 1.82) is 0 Å². The lowest BCUT2D eigenvalue weighted by atomic mass is 10.3. The first-order valence-electron chi connectivity index (χ1n) is 3.41. The van der Waals surface area contributed by atoms with Crippen LogP contribution < -0.4 is 5.11 Å². The third-order valence-corrected chi connectivity index (χ3v) is 1.50. The lowest BCUT2D eigenvalue weighted by molar-refractivity contribution is -0.311. The number of aliphatic carboxylic acids is 1. The molecule has 2 amide bonds. The molecule has 13 heavy (non-hydrogen) atoms. The number of alkyl halides is 1. The molecule has 0 radical (unpaired) electrons. The average molecular weight is 186 g/mol. The zero-order valence-corrected chi connectivity index (χ0v) is 6.40. The van der Waals surface area contributed by atoms with E-state index >= 15 is 0 Å². The van der Waals surface area contributed by atoms with Gasteiger partial charge in [-0.3, -0.25) is 14.5 Å². The SMILES string of the molecule is O=C([O-])C(F)CN1C(=O)C=CC1=O. The summed E-state index contributed by atoms with van der Waals surface area (Å²) in [5.41, 5.74) is 0. The third-order valence-electron chi connectivity index (χ3n) is 1.50. The van der Waals surface area contributed by atoms with Gasteiger partial charge in [0.15, 0.2) is 6.17 Å². The number of hydrogen-bond acceptors (Lipinski definition) is 4. The molecule has 70 valence electrons. The van der Waals surface area contributed by atoms with Crippen molar-refractivity contribution in [3.8, 4) is 0 Å². The fourth-order valence-corrected chi connectivity index (χ4v) is 0.846. The normalized spacial score (nSPS) is 18.1. The predicted octanol–water partition coefficient (Wildman–Crippen LogP) is -2.00. The summed E-state index contributed by atoms with van der Waals surface area (Å²) in [5, 5.41) is 9.94. The Morgan fingerprint density at radius 2 is 1.92 bits per heavy atom. The molecular formula is C7H5FNO4-. The molecule has 0 bridgehead atoms. The van der Waals surface area contributed by atoms with Crippen LogP contribution in [0.3, 0.4) is 0 Å². The summed E-state index contributed by atoms with van der Waals surface area (Å²) in [6, 6.07) is 0. The van der Waals surface area contributed by atoms with Crippen molar-refractivity contribution < 1.29 is 23.9 Å². The van der Waals surface area contributed by atoms with E-state index in [4.69, 9.17) is 0 Å². The van der Waals surface area contributed by atoms with Gasteiger partial charge in [-0.1, -0.05) is 0 Å². The molecule has 0 spiro atoms. The topological polar surface area (TPSA) is 77.5 Å². The summed E-state index contributed by atoms with van der Waals surface area (Å²) in [6.07, 6.45) is -0.443. The van der Waals surface area contributed by atoms with E-state index in [9.17, 15) is 23.9 Å². The van der Waals surface area contributed by atoms with Crippen LogP contribution in [0.25, 0.3) is 0 Å². The van der Waals surface area contributed by atoms with Crippen molar-refractivity contribution in [3.63, 3.8) is 0 Å². The third kappa shape index (κ3) is 1.90. The van der Waals surface area contributed by atoms with Gasteiger partial charge in [0, 0.05) is 12.2 Å². The van der Waals surface area contributed by atoms with Gasteiger partial charge in [0.25, 0.3) is 11.8 Å². The van der Waals surface area contributed by atoms with E-state index in [-0.39, 0.29) is 0 Å². The number of nitrogens with zero attached hydrogens (tertiary/aromatic N) is 1. The maximum atomic E-state index is 12.5. The van der Waals surface area contributed by atoms with Crippen molar-refractivity contribution in [1.82, 2.24) is 4.90 Å². The Morgan fingerprint density at radius 3 is 2.31 bits per heavy atom. The zero-order chi connectivity index (χ0) is 10.0. The van der Waals surface area contributed by atoms with Crippen molar-refractivity contribution in [2.24, 2.45) is 0 Å². The number of carbonyl (C=O) groups excluding carboxylic acids is 3. The first kappa shape index (κ1) is 9.37. The Labute approximate surface area is 72.4 Å². The Hall–Kier alpha value is -1.72. The molecule has 0 aromatic heterocycles. The number of carbonyl (C=O) groups is 3. The van der Waals surface area contributed by atoms with Crippen LogP contribution in [0.1, 0.15) is 0 Å². The number of carboxylic acid groups (broad SMARTS) is 1. The van der Waals surface area contributed by atoms with Gasteiger partial charge in [-0.15, -0.1) is 0 Å². The fraction of sp³-hybridized carbons (Fsp3) is 0.286. The van der Waals surface area contributed by atoms with Gasteiger partial charge in [-0.25, -0.2) is 4.39 Å². The summed E-state index contributed by atoms with van der Waals surface area (Å²) in [4.78, 5) is 32.0. The molecule has 0 aromatic rings. The molecule has 0 aromatic carbocycles. The Kier molecular flexibility index (Phi) is 2.41. The van der Waals surface area contributed by atoms with E-state index in [1.807, 2.05) is 0 Å². The average Bonchev–Trinajstić information content (AvgIpc) is 2.35. The van der Waals surface area contributed by atoms with Crippen LogP contribution >= 0.6 is 0 Å². The summed E-state index contributed by atoms with van der Waals surface area (Å²) in [5.74, 6) is -3.37. The minimum atomic E-state index is -2.34. The molecule has 1 rings (SSSR count). The molecule has 1 unspecified atom stereocenters. The molecular weight excluding hydrogens is 181 g/mol. The highest BCUT2D eigenvalue weighted by Gasteiger charge is 2.26. The minimum Gasteiger partial charge on any atom is -0.547 e. The van der Waals surface area contributed by atoms with Gasteiger partial charge in [-0.05, 0) is 0 Å². The number of amides is 2. The van der Waals surface area contributed by atoms with Gasteiger partial charge in [0.05, 0.1) is 12.5 Å². The van der Waals surface area contributed by atoms with Crippen LogP contribution in [0.5, 0.6) is 0 Å². The van der Waals surface area contributed by atoms with Crippen LogP contribution in [0, 0.1) is 0 Å². The maximum absolute atomic E-state index is 12.5. The second-order valence-electron chi connectivity index (χ2n) is 2.41. The van der Waals surface area contributed by atoms with E-state index in [1.54, 1.807) is 0 Å². The van der Waals surface area contributed by atoms with Gasteiger partial charge >= 0.3 is 0 Å². The van der Waals surface area contributed by atoms with Gasteiger partial charge in [-0.2, -0.15) is 0 Å². The lowest BCUT2D eigenvalue weighted by Crippen LogP contribution is -2.43. The number of carboxylic acids is 1. The van der Waals surface area contributed by atoms with Gasteiger partial charge in [0.1, 0.15) is 0 Å². The molecule has 6 heteroatoms. The van der Waals surface area contributed by atoms with Crippen LogP contribution in [0.2, 0.25) is 0 Å². The smallest absolute Gasteiger partial charge is 0.253 e. The van der Waals surface area contributed by atoms with Crippen molar-refractivity contribution in [3.05, 3.63) is 12.2 Å². The van der Waals surface area contributed by atoms with E-state index in [1.165, 1.54) is 0 Å². The second-order valence-corrected chi connectivity index (χ2v) is 2.41. The first-order chi connectivity index (χ1) is 6.02. The van der Waals surface area contributed by atoms with E-state index in [2.05, 4.69) is 0 Å². The molecule has 0 fully saturated rings.